The van der Waals surface area contributed by atoms with E-state index in [-0.39, 0.29) is 5.69 Å². The van der Waals surface area contributed by atoms with E-state index in [0.29, 0.717) is 29.5 Å². The molecular weight excluding hydrogens is 396 g/mol. The summed E-state index contributed by atoms with van der Waals surface area (Å²) in [6.45, 7) is 3.92. The molecule has 0 aromatic heterocycles. The topological polar surface area (TPSA) is 94.2 Å². The lowest BCUT2D eigenvalue weighted by molar-refractivity contribution is -0.116. The van der Waals surface area contributed by atoms with Crippen molar-refractivity contribution in [3.05, 3.63) is 42.5 Å². The Kier molecular flexibility index (Phi) is 7.33. The third-order valence-electron chi connectivity index (χ3n) is 4.14. The first-order valence-corrected chi connectivity index (χ1v) is 10.8. The Hall–Kier alpha value is -2.94. The van der Waals surface area contributed by atoms with Gasteiger partial charge in [-0.1, -0.05) is 0 Å². The van der Waals surface area contributed by atoms with Crippen LogP contribution in [-0.4, -0.2) is 47.4 Å². The summed E-state index contributed by atoms with van der Waals surface area (Å²) >= 11 is 0. The first-order valence-electron chi connectivity index (χ1n) is 8.96. The highest BCUT2D eigenvalue weighted by atomic mass is 32.2. The molecule has 1 unspecified atom stereocenters. The predicted octanol–water partition coefficient (Wildman–Crippen LogP) is 2.90. The molecule has 0 saturated heterocycles. The van der Waals surface area contributed by atoms with E-state index >= 15 is 0 Å². The second-order valence-corrected chi connectivity index (χ2v) is 8.08. The van der Waals surface area contributed by atoms with Gasteiger partial charge in [0, 0.05) is 11.8 Å². The van der Waals surface area contributed by atoms with Crippen LogP contribution in [0, 0.1) is 0 Å². The van der Waals surface area contributed by atoms with Crippen molar-refractivity contribution >= 4 is 27.3 Å². The number of carbonyl (C=O) groups excluding carboxylic acids is 1. The van der Waals surface area contributed by atoms with Crippen LogP contribution in [0.4, 0.5) is 11.4 Å². The van der Waals surface area contributed by atoms with E-state index in [0.717, 1.165) is 10.6 Å². The third kappa shape index (κ3) is 5.54. The fourth-order valence-electron chi connectivity index (χ4n) is 2.80. The Balaban J connectivity index is 2.34. The molecule has 2 aromatic rings. The maximum absolute atomic E-state index is 12.8. The summed E-state index contributed by atoms with van der Waals surface area (Å²) in [5, 5.41) is 2.73. The number of hydrogen-bond acceptors (Lipinski definition) is 6. The summed E-state index contributed by atoms with van der Waals surface area (Å²) in [6.07, 6.45) is 1.03. The van der Waals surface area contributed by atoms with Crippen LogP contribution in [0.25, 0.3) is 0 Å². The van der Waals surface area contributed by atoms with Crippen molar-refractivity contribution in [3.8, 4) is 17.2 Å². The smallest absolute Gasteiger partial charge is 0.247 e. The molecule has 1 amide bonds. The van der Waals surface area contributed by atoms with Gasteiger partial charge in [0.25, 0.3) is 0 Å². The molecule has 0 saturated carbocycles. The monoisotopic (exact) mass is 422 g/mol. The number of nitrogens with one attached hydrogen (secondary N) is 1. The zero-order valence-electron chi connectivity index (χ0n) is 17.1. The number of methoxy groups -OCH3 is 2. The Bertz CT molecular complexity index is 944. The zero-order chi connectivity index (χ0) is 21.6. The van der Waals surface area contributed by atoms with Gasteiger partial charge in [-0.3, -0.25) is 9.10 Å². The SMILES string of the molecule is CCOc1ccc(NC(=O)C(C)N(c2cc(OC)ccc2OC)S(C)(=O)=O)cc1. The molecule has 0 heterocycles. The first kappa shape index (κ1) is 22.4. The number of ether oxygens (including phenoxy) is 3. The largest absolute Gasteiger partial charge is 0.497 e. The molecule has 0 fully saturated rings. The summed E-state index contributed by atoms with van der Waals surface area (Å²) in [6, 6.07) is 10.5. The van der Waals surface area contributed by atoms with Crippen LogP contribution in [0.5, 0.6) is 17.2 Å². The molecule has 0 bridgehead atoms. The molecule has 0 aliphatic carbocycles. The minimum absolute atomic E-state index is 0.212. The lowest BCUT2D eigenvalue weighted by atomic mass is 10.2. The third-order valence-corrected chi connectivity index (χ3v) is 5.37. The van der Waals surface area contributed by atoms with Crippen molar-refractivity contribution in [2.24, 2.45) is 0 Å². The van der Waals surface area contributed by atoms with Crippen LogP contribution < -0.4 is 23.8 Å². The number of anilines is 2. The van der Waals surface area contributed by atoms with E-state index in [1.54, 1.807) is 36.4 Å². The van der Waals surface area contributed by atoms with Gasteiger partial charge in [0.15, 0.2) is 0 Å². The molecule has 0 aliphatic heterocycles. The van der Waals surface area contributed by atoms with E-state index in [9.17, 15) is 13.2 Å². The van der Waals surface area contributed by atoms with Crippen LogP contribution in [0.15, 0.2) is 42.5 Å². The van der Waals surface area contributed by atoms with Gasteiger partial charge >= 0.3 is 0 Å². The van der Waals surface area contributed by atoms with Crippen LogP contribution in [0.1, 0.15) is 13.8 Å². The minimum Gasteiger partial charge on any atom is -0.497 e. The average molecular weight is 423 g/mol. The number of sulfonamides is 1. The van der Waals surface area contributed by atoms with Crippen LogP contribution in [0.3, 0.4) is 0 Å². The van der Waals surface area contributed by atoms with Gasteiger partial charge in [-0.25, -0.2) is 8.42 Å². The summed E-state index contributed by atoms with van der Waals surface area (Å²) in [4.78, 5) is 12.8. The quantitative estimate of drug-likeness (QED) is 0.668. The fraction of sp³-hybridized carbons (Fsp3) is 0.350. The van der Waals surface area contributed by atoms with Crippen molar-refractivity contribution in [2.45, 2.75) is 19.9 Å². The van der Waals surface area contributed by atoms with Crippen molar-refractivity contribution in [2.75, 3.05) is 36.7 Å². The molecule has 2 rings (SSSR count). The number of amides is 1. The van der Waals surface area contributed by atoms with Gasteiger partial charge in [-0.05, 0) is 50.2 Å². The summed E-state index contributed by atoms with van der Waals surface area (Å²) in [5.41, 5.74) is 0.736. The second kappa shape index (κ2) is 9.51. The van der Waals surface area contributed by atoms with Gasteiger partial charge in [0.05, 0.1) is 32.8 Å². The van der Waals surface area contributed by atoms with Gasteiger partial charge < -0.3 is 19.5 Å². The highest BCUT2D eigenvalue weighted by Crippen LogP contribution is 2.35. The normalized spacial score (nSPS) is 12.0. The van der Waals surface area contributed by atoms with Gasteiger partial charge in [-0.15, -0.1) is 0 Å². The van der Waals surface area contributed by atoms with Crippen molar-refractivity contribution in [1.82, 2.24) is 0 Å². The molecule has 0 aliphatic rings. The summed E-state index contributed by atoms with van der Waals surface area (Å²) in [5.74, 6) is 0.924. The Labute approximate surface area is 171 Å². The van der Waals surface area contributed by atoms with Crippen LogP contribution in [0.2, 0.25) is 0 Å². The predicted molar refractivity (Wildman–Crippen MR) is 113 cm³/mol. The van der Waals surface area contributed by atoms with E-state index in [2.05, 4.69) is 5.32 Å². The molecule has 1 N–H and O–H groups in total. The maximum atomic E-state index is 12.8. The lowest BCUT2D eigenvalue weighted by Gasteiger charge is -2.29. The highest BCUT2D eigenvalue weighted by Gasteiger charge is 2.31. The average Bonchev–Trinajstić information content (AvgIpc) is 2.68. The number of hydrogen-bond donors (Lipinski definition) is 1. The molecule has 8 nitrogen and oxygen atoms in total. The lowest BCUT2D eigenvalue weighted by Crippen LogP contribution is -2.45. The van der Waals surface area contributed by atoms with Crippen LogP contribution in [-0.2, 0) is 14.8 Å². The number of rotatable bonds is 9. The molecule has 29 heavy (non-hydrogen) atoms. The summed E-state index contributed by atoms with van der Waals surface area (Å²) < 4.78 is 42.0. The van der Waals surface area contributed by atoms with Gasteiger partial charge in [0.1, 0.15) is 23.3 Å². The Morgan fingerprint density at radius 3 is 2.21 bits per heavy atom. The number of carbonyl (C=O) groups is 1. The molecule has 0 spiro atoms. The summed E-state index contributed by atoms with van der Waals surface area (Å²) in [7, 11) is -0.912. The molecule has 0 radical (unpaired) electrons. The zero-order valence-corrected chi connectivity index (χ0v) is 17.9. The minimum atomic E-state index is -3.81. The second-order valence-electron chi connectivity index (χ2n) is 6.22. The van der Waals surface area contributed by atoms with E-state index in [1.807, 2.05) is 6.92 Å². The number of benzene rings is 2. The molecule has 9 heteroatoms. The molecule has 1 atom stereocenters. The van der Waals surface area contributed by atoms with Gasteiger partial charge in [0.2, 0.25) is 15.9 Å². The molecule has 158 valence electrons. The maximum Gasteiger partial charge on any atom is 0.247 e. The highest BCUT2D eigenvalue weighted by molar-refractivity contribution is 7.92. The van der Waals surface area contributed by atoms with Crippen molar-refractivity contribution in [3.63, 3.8) is 0 Å². The van der Waals surface area contributed by atoms with Crippen molar-refractivity contribution < 1.29 is 27.4 Å². The van der Waals surface area contributed by atoms with Crippen LogP contribution >= 0.6 is 0 Å². The first-order chi connectivity index (χ1) is 13.7. The Morgan fingerprint density at radius 2 is 1.69 bits per heavy atom. The van der Waals surface area contributed by atoms with E-state index in [1.165, 1.54) is 27.2 Å². The number of nitrogens with zero attached hydrogens (tertiary/aromatic N) is 1. The molecular formula is C20H26N2O6S. The molecule has 2 aromatic carbocycles. The fourth-order valence-corrected chi connectivity index (χ4v) is 3.97. The van der Waals surface area contributed by atoms with Crippen molar-refractivity contribution in [1.29, 1.82) is 0 Å². The van der Waals surface area contributed by atoms with Gasteiger partial charge in [-0.2, -0.15) is 0 Å². The van der Waals surface area contributed by atoms with E-state index < -0.39 is 22.0 Å². The van der Waals surface area contributed by atoms with E-state index in [4.69, 9.17) is 14.2 Å². The standard InChI is InChI=1S/C20H26N2O6S/c1-6-28-16-9-7-15(8-10-16)21-20(23)14(2)22(29(5,24)25)18-13-17(26-3)11-12-19(18)27-4/h7-14H,6H2,1-5H3,(H,21,23). The Morgan fingerprint density at radius 1 is 1.07 bits per heavy atom.